The summed E-state index contributed by atoms with van der Waals surface area (Å²) < 4.78 is 15.1. The maximum Gasteiger partial charge on any atom is 0.332 e. The molecule has 2 rings (SSSR count). The summed E-state index contributed by atoms with van der Waals surface area (Å²) in [5.41, 5.74) is 0.613. The quantitative estimate of drug-likeness (QED) is 0.594. The van der Waals surface area contributed by atoms with Crippen LogP contribution in [0.3, 0.4) is 0 Å². The molecule has 0 aliphatic carbocycles. The van der Waals surface area contributed by atoms with Gasteiger partial charge >= 0.3 is 5.97 Å². The van der Waals surface area contributed by atoms with Crippen molar-refractivity contribution in [3.05, 3.63) is 24.3 Å². The van der Waals surface area contributed by atoms with Crippen LogP contribution in [-0.2, 0) is 19.1 Å². The highest BCUT2D eigenvalue weighted by Crippen LogP contribution is 2.31. The summed E-state index contributed by atoms with van der Waals surface area (Å²) in [5.74, 6) is -0.0387. The molecule has 1 aliphatic heterocycles. The normalized spacial score (nSPS) is 21.4. The Balaban J connectivity index is 2.23. The van der Waals surface area contributed by atoms with E-state index in [1.54, 1.807) is 38.3 Å². The molecule has 0 bridgehead atoms. The summed E-state index contributed by atoms with van der Waals surface area (Å²) in [7, 11) is 2.96. The number of rotatable bonds is 5. The maximum atomic E-state index is 12.0. The largest absolute Gasteiger partial charge is 0.497 e. The third-order valence-corrected chi connectivity index (χ3v) is 3.18. The van der Waals surface area contributed by atoms with Gasteiger partial charge in [-0.15, -0.1) is 0 Å². The standard InChI is InChI=1S/C14H17NO5/c1-4-20-14(17)11-12(19-3)13(16)15(11)9-5-7-10(18-2)8-6-9/h5-8,11-12H,4H2,1-3H3. The second kappa shape index (κ2) is 5.92. The predicted octanol–water partition coefficient (Wildman–Crippen LogP) is 0.988. The van der Waals surface area contributed by atoms with Gasteiger partial charge in [-0.1, -0.05) is 0 Å². The summed E-state index contributed by atoms with van der Waals surface area (Å²) >= 11 is 0. The molecule has 20 heavy (non-hydrogen) atoms. The Morgan fingerprint density at radius 1 is 1.25 bits per heavy atom. The van der Waals surface area contributed by atoms with E-state index in [0.29, 0.717) is 11.4 Å². The van der Waals surface area contributed by atoms with Crippen LogP contribution >= 0.6 is 0 Å². The molecule has 2 atom stereocenters. The lowest BCUT2D eigenvalue weighted by Gasteiger charge is -2.44. The van der Waals surface area contributed by atoms with Crippen LogP contribution in [-0.4, -0.2) is 44.8 Å². The summed E-state index contributed by atoms with van der Waals surface area (Å²) in [4.78, 5) is 25.3. The molecule has 2 unspecified atom stereocenters. The first kappa shape index (κ1) is 14.3. The van der Waals surface area contributed by atoms with E-state index in [1.807, 2.05) is 0 Å². The van der Waals surface area contributed by atoms with Crippen LogP contribution in [0.4, 0.5) is 5.69 Å². The fourth-order valence-corrected chi connectivity index (χ4v) is 2.18. The van der Waals surface area contributed by atoms with Gasteiger partial charge in [0.1, 0.15) is 5.75 Å². The van der Waals surface area contributed by atoms with Crippen molar-refractivity contribution in [3.63, 3.8) is 0 Å². The highest BCUT2D eigenvalue weighted by atomic mass is 16.5. The van der Waals surface area contributed by atoms with Crippen molar-refractivity contribution >= 4 is 17.6 Å². The number of hydrogen-bond acceptors (Lipinski definition) is 5. The first-order valence-corrected chi connectivity index (χ1v) is 6.30. The van der Waals surface area contributed by atoms with E-state index in [0.717, 1.165) is 0 Å². The number of carbonyl (C=O) groups is 2. The lowest BCUT2D eigenvalue weighted by molar-refractivity contribution is -0.160. The first-order chi connectivity index (χ1) is 9.63. The Hall–Kier alpha value is -2.08. The Bertz CT molecular complexity index is 499. The van der Waals surface area contributed by atoms with Gasteiger partial charge in [0.15, 0.2) is 12.1 Å². The number of nitrogens with zero attached hydrogens (tertiary/aromatic N) is 1. The highest BCUT2D eigenvalue weighted by Gasteiger charge is 2.53. The monoisotopic (exact) mass is 279 g/mol. The Morgan fingerprint density at radius 2 is 1.90 bits per heavy atom. The van der Waals surface area contributed by atoms with Gasteiger partial charge in [-0.05, 0) is 31.2 Å². The molecular weight excluding hydrogens is 262 g/mol. The van der Waals surface area contributed by atoms with Gasteiger partial charge < -0.3 is 14.2 Å². The van der Waals surface area contributed by atoms with Crippen molar-refractivity contribution in [2.45, 2.75) is 19.1 Å². The van der Waals surface area contributed by atoms with E-state index in [1.165, 1.54) is 12.0 Å². The SMILES string of the molecule is CCOC(=O)C1C(OC)C(=O)N1c1ccc(OC)cc1. The molecule has 6 nitrogen and oxygen atoms in total. The summed E-state index contributed by atoms with van der Waals surface area (Å²) in [6, 6.07) is 6.15. The zero-order valence-corrected chi connectivity index (χ0v) is 11.7. The van der Waals surface area contributed by atoms with Gasteiger partial charge in [-0.3, -0.25) is 9.69 Å². The molecule has 1 aliphatic rings. The average molecular weight is 279 g/mol. The number of carbonyl (C=O) groups excluding carboxylic acids is 2. The van der Waals surface area contributed by atoms with Crippen molar-refractivity contribution in [2.24, 2.45) is 0 Å². The van der Waals surface area contributed by atoms with Crippen molar-refractivity contribution in [1.29, 1.82) is 0 Å². The lowest BCUT2D eigenvalue weighted by Crippen LogP contribution is -2.69. The van der Waals surface area contributed by atoms with E-state index in [4.69, 9.17) is 14.2 Å². The molecule has 1 saturated heterocycles. The molecule has 0 aromatic heterocycles. The number of amides is 1. The number of ether oxygens (including phenoxy) is 3. The smallest absolute Gasteiger partial charge is 0.332 e. The highest BCUT2D eigenvalue weighted by molar-refractivity contribution is 6.12. The van der Waals surface area contributed by atoms with Crippen LogP contribution in [0.15, 0.2) is 24.3 Å². The summed E-state index contributed by atoms with van der Waals surface area (Å²) in [6.45, 7) is 1.98. The number of benzene rings is 1. The number of anilines is 1. The van der Waals surface area contributed by atoms with Gasteiger partial charge in [0, 0.05) is 12.8 Å². The van der Waals surface area contributed by atoms with Crippen LogP contribution in [0.25, 0.3) is 0 Å². The average Bonchev–Trinajstić information content (AvgIpc) is 2.46. The molecule has 1 aromatic carbocycles. The molecule has 0 radical (unpaired) electrons. The van der Waals surface area contributed by atoms with E-state index in [9.17, 15) is 9.59 Å². The van der Waals surface area contributed by atoms with Crippen LogP contribution < -0.4 is 9.64 Å². The zero-order valence-electron chi connectivity index (χ0n) is 11.7. The molecule has 1 amide bonds. The number of hydrogen-bond donors (Lipinski definition) is 0. The van der Waals surface area contributed by atoms with Crippen LogP contribution in [0.1, 0.15) is 6.92 Å². The van der Waals surface area contributed by atoms with Crippen molar-refractivity contribution in [2.75, 3.05) is 25.7 Å². The second-order valence-corrected chi connectivity index (χ2v) is 4.26. The van der Waals surface area contributed by atoms with Crippen molar-refractivity contribution in [3.8, 4) is 5.75 Å². The molecule has 1 aromatic rings. The molecule has 108 valence electrons. The predicted molar refractivity (Wildman–Crippen MR) is 71.7 cm³/mol. The van der Waals surface area contributed by atoms with E-state index >= 15 is 0 Å². The number of methoxy groups -OCH3 is 2. The van der Waals surface area contributed by atoms with Gasteiger partial charge in [0.05, 0.1) is 13.7 Å². The Kier molecular flexibility index (Phi) is 4.24. The zero-order chi connectivity index (χ0) is 14.7. The Morgan fingerprint density at radius 3 is 2.40 bits per heavy atom. The minimum atomic E-state index is -0.781. The Labute approximate surface area is 117 Å². The van der Waals surface area contributed by atoms with Gasteiger partial charge in [-0.25, -0.2) is 4.79 Å². The summed E-state index contributed by atoms with van der Waals surface area (Å²) in [5, 5.41) is 0. The molecular formula is C14H17NO5. The fourth-order valence-electron chi connectivity index (χ4n) is 2.18. The van der Waals surface area contributed by atoms with Crippen LogP contribution in [0.2, 0.25) is 0 Å². The third kappa shape index (κ3) is 2.34. The lowest BCUT2D eigenvalue weighted by atomic mass is 9.96. The second-order valence-electron chi connectivity index (χ2n) is 4.26. The van der Waals surface area contributed by atoms with Crippen molar-refractivity contribution in [1.82, 2.24) is 0 Å². The van der Waals surface area contributed by atoms with Crippen LogP contribution in [0, 0.1) is 0 Å². The van der Waals surface area contributed by atoms with Gasteiger partial charge in [0.25, 0.3) is 5.91 Å². The topological polar surface area (TPSA) is 65.1 Å². The fraction of sp³-hybridized carbons (Fsp3) is 0.429. The third-order valence-electron chi connectivity index (χ3n) is 3.18. The van der Waals surface area contributed by atoms with E-state index < -0.39 is 18.1 Å². The molecule has 0 saturated carbocycles. The van der Waals surface area contributed by atoms with E-state index in [2.05, 4.69) is 0 Å². The molecule has 0 N–H and O–H groups in total. The molecule has 0 spiro atoms. The first-order valence-electron chi connectivity index (χ1n) is 6.30. The number of esters is 1. The minimum Gasteiger partial charge on any atom is -0.497 e. The summed E-state index contributed by atoms with van der Waals surface area (Å²) in [6.07, 6.45) is -0.781. The maximum absolute atomic E-state index is 12.0. The molecule has 1 heterocycles. The van der Waals surface area contributed by atoms with E-state index in [-0.39, 0.29) is 12.5 Å². The minimum absolute atomic E-state index is 0.254. The van der Waals surface area contributed by atoms with Crippen LogP contribution in [0.5, 0.6) is 5.75 Å². The van der Waals surface area contributed by atoms with Gasteiger partial charge in [-0.2, -0.15) is 0 Å². The molecule has 6 heteroatoms. The van der Waals surface area contributed by atoms with Gasteiger partial charge in [0.2, 0.25) is 0 Å². The number of β-lactam (4-membered cyclic amide) rings is 1. The molecule has 1 fully saturated rings. The van der Waals surface area contributed by atoms with Crippen molar-refractivity contribution < 1.29 is 23.8 Å².